The van der Waals surface area contributed by atoms with E-state index in [1.165, 1.54) is 0 Å². The molecule has 25 heavy (non-hydrogen) atoms. The van der Waals surface area contributed by atoms with Gasteiger partial charge >= 0.3 is 18.9 Å². The van der Waals surface area contributed by atoms with Crippen molar-refractivity contribution in [1.29, 1.82) is 0 Å². The Morgan fingerprint density at radius 2 is 1.84 bits per heavy atom. The van der Waals surface area contributed by atoms with Gasteiger partial charge in [-0.1, -0.05) is 49.2 Å². The summed E-state index contributed by atoms with van der Waals surface area (Å²) in [7, 11) is -0.0213. The summed E-state index contributed by atoms with van der Waals surface area (Å²) >= 11 is 12.2. The van der Waals surface area contributed by atoms with Crippen molar-refractivity contribution in [1.82, 2.24) is 0 Å². The van der Waals surface area contributed by atoms with Gasteiger partial charge in [0.25, 0.3) is 0 Å². The van der Waals surface area contributed by atoms with Crippen LogP contribution in [-0.4, -0.2) is 12.1 Å². The molecule has 0 aliphatic heterocycles. The van der Waals surface area contributed by atoms with E-state index in [0.717, 1.165) is 23.0 Å². The molecule has 2 nitrogen and oxygen atoms in total. The Morgan fingerprint density at radius 3 is 2.40 bits per heavy atom. The van der Waals surface area contributed by atoms with Crippen LogP contribution in [0.3, 0.4) is 0 Å². The summed E-state index contributed by atoms with van der Waals surface area (Å²) in [5, 5.41) is 1.77. The van der Waals surface area contributed by atoms with Crippen molar-refractivity contribution in [2.45, 2.75) is 27.2 Å². The maximum absolute atomic E-state index is 12.6. The second kappa shape index (κ2) is 10.6. The molecule has 2 rings (SSSR count). The van der Waals surface area contributed by atoms with Crippen molar-refractivity contribution in [2.24, 2.45) is 5.92 Å². The molecule has 0 bridgehead atoms. The second-order valence-corrected chi connectivity index (χ2v) is 8.12. The summed E-state index contributed by atoms with van der Waals surface area (Å²) in [6, 6.07) is 10.9. The predicted molar refractivity (Wildman–Crippen MR) is 106 cm³/mol. The fourth-order valence-electron chi connectivity index (χ4n) is 2.18. The van der Waals surface area contributed by atoms with E-state index in [2.05, 4.69) is 13.8 Å². The molecule has 0 fully saturated rings. The van der Waals surface area contributed by atoms with Gasteiger partial charge in [-0.05, 0) is 63.0 Å². The Kier molecular flexibility index (Phi) is 9.58. The van der Waals surface area contributed by atoms with Crippen LogP contribution in [0.15, 0.2) is 36.4 Å². The SMILES string of the molecule is Cc1cc(OCCC(C)C)ccc1PC(=O)c1c(Cl)cccc1Cl.[H-].[Li+]. The fraction of sp³-hybridized carbons (Fsp3) is 0.316. The summed E-state index contributed by atoms with van der Waals surface area (Å²) < 4.78 is 5.76. The van der Waals surface area contributed by atoms with Crippen LogP contribution in [0.1, 0.15) is 37.6 Å². The molecule has 1 atom stereocenters. The van der Waals surface area contributed by atoms with Gasteiger partial charge in [0.05, 0.1) is 22.2 Å². The zero-order valence-electron chi connectivity index (χ0n) is 16.0. The zero-order valence-corrected chi connectivity index (χ0v) is 17.5. The smallest absolute Gasteiger partial charge is 1.00 e. The van der Waals surface area contributed by atoms with Crippen LogP contribution in [0.2, 0.25) is 10.0 Å². The van der Waals surface area contributed by atoms with E-state index in [1.54, 1.807) is 18.2 Å². The minimum atomic E-state index is -0.0535. The molecule has 0 saturated carbocycles. The van der Waals surface area contributed by atoms with Crippen molar-refractivity contribution in [3.63, 3.8) is 0 Å². The van der Waals surface area contributed by atoms with Crippen molar-refractivity contribution in [2.75, 3.05) is 6.61 Å². The normalized spacial score (nSPS) is 11.0. The van der Waals surface area contributed by atoms with E-state index < -0.39 is 0 Å². The second-order valence-electron chi connectivity index (χ2n) is 6.06. The van der Waals surface area contributed by atoms with Gasteiger partial charge in [-0.25, -0.2) is 0 Å². The number of rotatable bonds is 7. The number of carbonyl (C=O) groups excluding carboxylic acids is 1. The number of ether oxygens (including phenoxy) is 1. The molecule has 0 heterocycles. The van der Waals surface area contributed by atoms with Crippen molar-refractivity contribution < 1.29 is 29.8 Å². The molecule has 2 aromatic rings. The third kappa shape index (κ3) is 6.63. The van der Waals surface area contributed by atoms with Crippen molar-refractivity contribution in [3.05, 3.63) is 57.6 Å². The molecule has 0 aliphatic carbocycles. The molecule has 0 spiro atoms. The van der Waals surface area contributed by atoms with Crippen LogP contribution in [0.4, 0.5) is 0 Å². The molecule has 0 radical (unpaired) electrons. The third-order valence-electron chi connectivity index (χ3n) is 3.60. The van der Waals surface area contributed by atoms with Gasteiger partial charge in [-0.3, -0.25) is 4.79 Å². The first-order valence-corrected chi connectivity index (χ1v) is 9.63. The molecular weight excluding hydrogens is 369 g/mol. The van der Waals surface area contributed by atoms with Crippen LogP contribution in [0.25, 0.3) is 0 Å². The molecular formula is C19H22Cl2LiO2P. The van der Waals surface area contributed by atoms with Gasteiger partial charge in [-0.15, -0.1) is 0 Å². The third-order valence-corrected chi connectivity index (χ3v) is 5.54. The number of benzene rings is 2. The summed E-state index contributed by atoms with van der Waals surface area (Å²) in [6.45, 7) is 7.03. The van der Waals surface area contributed by atoms with E-state index in [-0.39, 0.29) is 34.4 Å². The van der Waals surface area contributed by atoms with Crippen LogP contribution in [0.5, 0.6) is 5.75 Å². The number of halogens is 2. The topological polar surface area (TPSA) is 26.3 Å². The minimum Gasteiger partial charge on any atom is -1.00 e. The molecule has 2 aromatic carbocycles. The molecule has 0 amide bonds. The van der Waals surface area contributed by atoms with Gasteiger partial charge in [-0.2, -0.15) is 0 Å². The van der Waals surface area contributed by atoms with Crippen LogP contribution >= 0.6 is 31.8 Å². The van der Waals surface area contributed by atoms with Crippen LogP contribution < -0.4 is 28.9 Å². The van der Waals surface area contributed by atoms with Gasteiger partial charge in [0, 0.05) is 0 Å². The van der Waals surface area contributed by atoms with E-state index >= 15 is 0 Å². The first-order valence-electron chi connectivity index (χ1n) is 7.87. The molecule has 0 N–H and O–H groups in total. The van der Waals surface area contributed by atoms with Crippen molar-refractivity contribution >= 4 is 42.6 Å². The zero-order chi connectivity index (χ0) is 17.7. The first-order chi connectivity index (χ1) is 11.4. The first kappa shape index (κ1) is 22.6. The average Bonchev–Trinajstić information content (AvgIpc) is 2.49. The molecule has 0 aliphatic rings. The quantitative estimate of drug-likeness (QED) is 0.536. The summed E-state index contributed by atoms with van der Waals surface area (Å²) in [6.07, 6.45) is 1.02. The van der Waals surface area contributed by atoms with E-state index in [4.69, 9.17) is 27.9 Å². The maximum Gasteiger partial charge on any atom is 1.00 e. The Balaban J connectivity index is 0.00000312. The molecule has 6 heteroatoms. The van der Waals surface area contributed by atoms with Crippen LogP contribution in [0, 0.1) is 12.8 Å². The van der Waals surface area contributed by atoms with E-state index in [0.29, 0.717) is 28.1 Å². The fourth-order valence-corrected chi connectivity index (χ4v) is 3.98. The molecule has 0 aromatic heterocycles. The van der Waals surface area contributed by atoms with Gasteiger partial charge in [0.1, 0.15) is 5.75 Å². The number of hydrogen-bond acceptors (Lipinski definition) is 2. The summed E-state index contributed by atoms with van der Waals surface area (Å²) in [5.41, 5.74) is 1.38. The number of aryl methyl sites for hydroxylation is 1. The van der Waals surface area contributed by atoms with Gasteiger partial charge in [0.2, 0.25) is 0 Å². The molecule has 1 unspecified atom stereocenters. The van der Waals surface area contributed by atoms with E-state index in [1.807, 2.05) is 25.1 Å². The largest absolute Gasteiger partial charge is 1.00 e. The maximum atomic E-state index is 12.6. The monoisotopic (exact) mass is 390 g/mol. The Hall–Kier alpha value is -0.483. The standard InChI is InChI=1S/C19H21Cl2O2P.Li.H/c1-12(2)9-10-23-14-7-8-17(13(3)11-14)24-19(22)18-15(20)5-4-6-16(18)21;;/h4-8,11-12,24H,9-10H2,1-3H3;;/q;+1;-1. The van der Waals surface area contributed by atoms with Crippen molar-refractivity contribution in [3.8, 4) is 5.75 Å². The molecule has 0 saturated heterocycles. The van der Waals surface area contributed by atoms with E-state index in [9.17, 15) is 4.79 Å². The Labute approximate surface area is 175 Å². The number of hydrogen-bond donors (Lipinski definition) is 0. The Bertz CT molecular complexity index is 721. The summed E-state index contributed by atoms with van der Waals surface area (Å²) in [4.78, 5) is 12.6. The molecule has 130 valence electrons. The minimum absolute atomic E-state index is 0. The predicted octanol–water partition coefficient (Wildman–Crippen LogP) is 2.99. The summed E-state index contributed by atoms with van der Waals surface area (Å²) in [5.74, 6) is 1.45. The van der Waals surface area contributed by atoms with Crippen LogP contribution in [-0.2, 0) is 0 Å². The Morgan fingerprint density at radius 1 is 1.20 bits per heavy atom. The number of carbonyl (C=O) groups is 1. The van der Waals surface area contributed by atoms with Gasteiger partial charge < -0.3 is 6.16 Å². The van der Waals surface area contributed by atoms with Gasteiger partial charge in [0.15, 0.2) is 5.52 Å². The average molecular weight is 391 g/mol.